The Morgan fingerprint density at radius 1 is 1.12 bits per heavy atom. The van der Waals surface area contributed by atoms with Gasteiger partial charge in [-0.3, -0.25) is 14.2 Å². The molecule has 4 aliphatic rings. The highest BCUT2D eigenvalue weighted by Gasteiger charge is 2.51. The van der Waals surface area contributed by atoms with Gasteiger partial charge >= 0.3 is 5.69 Å². The fourth-order valence-corrected chi connectivity index (χ4v) is 5.68. The Labute approximate surface area is 146 Å². The predicted octanol–water partition coefficient (Wildman–Crippen LogP) is 1.18. The lowest BCUT2D eigenvalue weighted by molar-refractivity contribution is -0.122. The largest absolute Gasteiger partial charge is 0.347 e. The standard InChI is InChI=1S/C19H25N3O3/c1-21-11-15(17(24)22(2)18(21)25)3-4-16(23)20-19-8-12-5-13(9-19)7-14(6-12)10-19/h3-4,11-14H,5-10H2,1-2H3,(H,20,23)/b4-3+. The Hall–Kier alpha value is -2.11. The third kappa shape index (κ3) is 2.87. The van der Waals surface area contributed by atoms with E-state index < -0.39 is 0 Å². The van der Waals surface area contributed by atoms with Gasteiger partial charge in [0.15, 0.2) is 0 Å². The Kier molecular flexibility index (Phi) is 3.74. The molecule has 0 spiro atoms. The molecule has 5 rings (SSSR count). The first-order valence-electron chi connectivity index (χ1n) is 9.12. The second-order valence-corrected chi connectivity index (χ2v) is 8.36. The maximum atomic E-state index is 12.5. The van der Waals surface area contributed by atoms with Crippen LogP contribution in [-0.2, 0) is 18.9 Å². The van der Waals surface area contributed by atoms with Crippen LogP contribution in [0.25, 0.3) is 6.08 Å². The Morgan fingerprint density at radius 2 is 1.68 bits per heavy atom. The van der Waals surface area contributed by atoms with Crippen molar-refractivity contribution in [1.29, 1.82) is 0 Å². The monoisotopic (exact) mass is 343 g/mol. The first-order chi connectivity index (χ1) is 11.8. The molecular weight excluding hydrogens is 318 g/mol. The molecule has 1 aromatic heterocycles. The van der Waals surface area contributed by atoms with Crippen LogP contribution in [0, 0.1) is 17.8 Å². The van der Waals surface area contributed by atoms with Crippen LogP contribution < -0.4 is 16.6 Å². The first kappa shape index (κ1) is 16.4. The molecule has 1 heterocycles. The zero-order valence-electron chi connectivity index (χ0n) is 14.8. The maximum Gasteiger partial charge on any atom is 0.330 e. The highest BCUT2D eigenvalue weighted by atomic mass is 16.2. The number of amides is 1. The lowest BCUT2D eigenvalue weighted by Crippen LogP contribution is -2.59. The molecule has 0 aromatic carbocycles. The molecule has 4 bridgehead atoms. The van der Waals surface area contributed by atoms with E-state index in [1.165, 1.54) is 49.2 Å². The van der Waals surface area contributed by atoms with E-state index >= 15 is 0 Å². The van der Waals surface area contributed by atoms with E-state index in [0.29, 0.717) is 5.56 Å². The quantitative estimate of drug-likeness (QED) is 0.838. The Bertz CT molecular complexity index is 826. The van der Waals surface area contributed by atoms with Crippen molar-refractivity contribution >= 4 is 12.0 Å². The summed E-state index contributed by atoms with van der Waals surface area (Å²) < 4.78 is 2.40. The molecule has 6 heteroatoms. The smallest absolute Gasteiger partial charge is 0.330 e. The first-order valence-corrected chi connectivity index (χ1v) is 9.12. The van der Waals surface area contributed by atoms with Gasteiger partial charge in [-0.15, -0.1) is 0 Å². The molecule has 0 aliphatic heterocycles. The van der Waals surface area contributed by atoms with Crippen LogP contribution >= 0.6 is 0 Å². The molecule has 0 radical (unpaired) electrons. The third-order valence-electron chi connectivity index (χ3n) is 6.31. The number of hydrogen-bond donors (Lipinski definition) is 1. The molecule has 0 atom stereocenters. The Morgan fingerprint density at radius 3 is 2.24 bits per heavy atom. The van der Waals surface area contributed by atoms with Crippen molar-refractivity contribution in [3.8, 4) is 0 Å². The summed E-state index contributed by atoms with van der Waals surface area (Å²) in [5, 5.41) is 3.25. The van der Waals surface area contributed by atoms with Gasteiger partial charge in [0, 0.05) is 31.9 Å². The van der Waals surface area contributed by atoms with Gasteiger partial charge in [0.2, 0.25) is 5.91 Å². The number of nitrogens with one attached hydrogen (secondary N) is 1. The molecule has 1 amide bonds. The van der Waals surface area contributed by atoms with Gasteiger partial charge in [0.1, 0.15) is 0 Å². The summed E-state index contributed by atoms with van der Waals surface area (Å²) in [7, 11) is 3.03. The predicted molar refractivity (Wildman–Crippen MR) is 95.0 cm³/mol. The van der Waals surface area contributed by atoms with Crippen molar-refractivity contribution in [3.63, 3.8) is 0 Å². The third-order valence-corrected chi connectivity index (χ3v) is 6.31. The van der Waals surface area contributed by atoms with Crippen LogP contribution in [0.3, 0.4) is 0 Å². The van der Waals surface area contributed by atoms with Crippen LogP contribution in [0.1, 0.15) is 44.1 Å². The van der Waals surface area contributed by atoms with Gasteiger partial charge in [-0.25, -0.2) is 4.79 Å². The summed E-state index contributed by atoms with van der Waals surface area (Å²) in [6, 6.07) is 0. The molecule has 1 N–H and O–H groups in total. The number of nitrogens with zero attached hydrogens (tertiary/aromatic N) is 2. The summed E-state index contributed by atoms with van der Waals surface area (Å²) in [6.45, 7) is 0. The van der Waals surface area contributed by atoms with E-state index in [1.807, 2.05) is 0 Å². The second-order valence-electron chi connectivity index (χ2n) is 8.36. The summed E-state index contributed by atoms with van der Waals surface area (Å²) in [5.74, 6) is 2.17. The van der Waals surface area contributed by atoms with Crippen molar-refractivity contribution in [3.05, 3.63) is 38.7 Å². The fraction of sp³-hybridized carbons (Fsp3) is 0.632. The topological polar surface area (TPSA) is 73.1 Å². The van der Waals surface area contributed by atoms with Crippen molar-refractivity contribution in [2.75, 3.05) is 0 Å². The average molecular weight is 343 g/mol. The molecule has 134 valence electrons. The Balaban J connectivity index is 1.51. The zero-order valence-corrected chi connectivity index (χ0v) is 14.8. The molecule has 25 heavy (non-hydrogen) atoms. The fourth-order valence-electron chi connectivity index (χ4n) is 5.68. The van der Waals surface area contributed by atoms with E-state index in [4.69, 9.17) is 0 Å². The number of carbonyl (C=O) groups excluding carboxylic acids is 1. The minimum atomic E-state index is -0.387. The minimum Gasteiger partial charge on any atom is -0.347 e. The van der Waals surface area contributed by atoms with Gasteiger partial charge in [0.05, 0.1) is 5.56 Å². The van der Waals surface area contributed by atoms with E-state index in [1.54, 1.807) is 7.05 Å². The molecule has 0 saturated heterocycles. The van der Waals surface area contributed by atoms with Crippen LogP contribution in [0.15, 0.2) is 21.9 Å². The van der Waals surface area contributed by atoms with E-state index in [2.05, 4.69) is 5.32 Å². The van der Waals surface area contributed by atoms with Gasteiger partial charge in [-0.05, 0) is 62.4 Å². The molecule has 4 aliphatic carbocycles. The molecule has 4 fully saturated rings. The summed E-state index contributed by atoms with van der Waals surface area (Å²) >= 11 is 0. The van der Waals surface area contributed by atoms with Gasteiger partial charge in [-0.2, -0.15) is 0 Å². The SMILES string of the molecule is Cn1cc(/C=C/C(=O)NC23CC4CC(CC(C4)C2)C3)c(=O)n(C)c1=O. The number of hydrogen-bond acceptors (Lipinski definition) is 3. The van der Waals surface area contributed by atoms with Crippen LogP contribution in [0.4, 0.5) is 0 Å². The van der Waals surface area contributed by atoms with E-state index in [9.17, 15) is 14.4 Å². The van der Waals surface area contributed by atoms with E-state index in [0.717, 1.165) is 41.6 Å². The molecule has 1 aromatic rings. The molecule has 0 unspecified atom stereocenters. The highest BCUT2D eigenvalue weighted by molar-refractivity contribution is 5.92. The lowest BCUT2D eigenvalue weighted by Gasteiger charge is -2.56. The summed E-state index contributed by atoms with van der Waals surface area (Å²) in [4.78, 5) is 36.3. The van der Waals surface area contributed by atoms with Crippen molar-refractivity contribution in [2.24, 2.45) is 31.8 Å². The van der Waals surface area contributed by atoms with Gasteiger partial charge in [-0.1, -0.05) is 0 Å². The average Bonchev–Trinajstić information content (AvgIpc) is 2.53. The number of aromatic nitrogens is 2. The number of rotatable bonds is 3. The normalized spacial score (nSPS) is 33.1. The minimum absolute atomic E-state index is 0.0370. The maximum absolute atomic E-state index is 12.5. The zero-order chi connectivity index (χ0) is 17.8. The molecule has 4 saturated carbocycles. The van der Waals surface area contributed by atoms with E-state index in [-0.39, 0.29) is 22.7 Å². The molecule has 6 nitrogen and oxygen atoms in total. The number of carbonyl (C=O) groups is 1. The summed E-state index contributed by atoms with van der Waals surface area (Å²) in [5.41, 5.74) is -0.461. The number of aryl methyl sites for hydroxylation is 1. The van der Waals surface area contributed by atoms with Crippen molar-refractivity contribution in [1.82, 2.24) is 14.5 Å². The van der Waals surface area contributed by atoms with Crippen molar-refractivity contribution in [2.45, 2.75) is 44.1 Å². The van der Waals surface area contributed by atoms with Gasteiger partial charge < -0.3 is 9.88 Å². The lowest BCUT2D eigenvalue weighted by atomic mass is 9.53. The molecular formula is C19H25N3O3. The van der Waals surface area contributed by atoms with Crippen LogP contribution in [-0.4, -0.2) is 20.6 Å². The summed E-state index contributed by atoms with van der Waals surface area (Å²) in [6.07, 6.45) is 11.7. The highest BCUT2D eigenvalue weighted by Crippen LogP contribution is 2.55. The van der Waals surface area contributed by atoms with Crippen molar-refractivity contribution < 1.29 is 4.79 Å². The van der Waals surface area contributed by atoms with Crippen LogP contribution in [0.5, 0.6) is 0 Å². The van der Waals surface area contributed by atoms with Gasteiger partial charge in [0.25, 0.3) is 5.56 Å². The second kappa shape index (κ2) is 5.71. The van der Waals surface area contributed by atoms with Crippen LogP contribution in [0.2, 0.25) is 0 Å².